The van der Waals surface area contributed by atoms with Crippen LogP contribution in [0.25, 0.3) is 0 Å². The third-order valence-corrected chi connectivity index (χ3v) is 1.87. The van der Waals surface area contributed by atoms with Crippen LogP contribution in [0.3, 0.4) is 0 Å². The molecule has 0 fully saturated rings. The Kier molecular flexibility index (Phi) is 3.22. The van der Waals surface area contributed by atoms with Crippen molar-refractivity contribution in [2.75, 3.05) is 7.11 Å². The van der Waals surface area contributed by atoms with Gasteiger partial charge in [-0.3, -0.25) is 0 Å². The molecule has 1 aromatic rings. The molecule has 1 atom stereocenters. The van der Waals surface area contributed by atoms with Crippen LogP contribution in [0.2, 0.25) is 0 Å². The normalized spacial score (nSPS) is 12.6. The van der Waals surface area contributed by atoms with Crippen LogP contribution in [0.4, 0.5) is 4.39 Å². The first kappa shape index (κ1) is 9.95. The molecule has 1 aromatic carbocycles. The standard InChI is InChI=1S/C9H12FNO2/c1-6(11-12)7-3-4-9(13-2)8(10)5-7/h3-6,11-12H,1-2H3. The highest BCUT2D eigenvalue weighted by Gasteiger charge is 2.07. The Morgan fingerprint density at radius 1 is 1.54 bits per heavy atom. The van der Waals surface area contributed by atoms with Crippen molar-refractivity contribution in [2.45, 2.75) is 13.0 Å². The van der Waals surface area contributed by atoms with Gasteiger partial charge in [-0.25, -0.2) is 4.39 Å². The van der Waals surface area contributed by atoms with E-state index in [9.17, 15) is 4.39 Å². The van der Waals surface area contributed by atoms with Crippen molar-refractivity contribution in [1.82, 2.24) is 5.48 Å². The Morgan fingerprint density at radius 3 is 2.69 bits per heavy atom. The Labute approximate surface area is 76.1 Å². The van der Waals surface area contributed by atoms with E-state index in [1.807, 2.05) is 5.48 Å². The smallest absolute Gasteiger partial charge is 0.165 e. The topological polar surface area (TPSA) is 41.5 Å². The van der Waals surface area contributed by atoms with Gasteiger partial charge >= 0.3 is 0 Å². The quantitative estimate of drug-likeness (QED) is 0.706. The molecule has 0 saturated carbocycles. The summed E-state index contributed by atoms with van der Waals surface area (Å²) in [6, 6.07) is 4.25. The molecule has 0 aliphatic heterocycles. The number of hydrogen-bond acceptors (Lipinski definition) is 3. The van der Waals surface area contributed by atoms with Crippen LogP contribution < -0.4 is 10.2 Å². The van der Waals surface area contributed by atoms with Crippen LogP contribution in [0.15, 0.2) is 18.2 Å². The van der Waals surface area contributed by atoms with Crippen molar-refractivity contribution in [3.05, 3.63) is 29.6 Å². The number of hydroxylamine groups is 1. The minimum absolute atomic E-state index is 0.203. The minimum atomic E-state index is -0.429. The van der Waals surface area contributed by atoms with E-state index in [-0.39, 0.29) is 11.8 Å². The molecule has 0 bridgehead atoms. The van der Waals surface area contributed by atoms with Crippen molar-refractivity contribution < 1.29 is 14.3 Å². The molecule has 1 unspecified atom stereocenters. The minimum Gasteiger partial charge on any atom is -0.494 e. The molecule has 0 aliphatic carbocycles. The monoisotopic (exact) mass is 185 g/mol. The van der Waals surface area contributed by atoms with Crippen molar-refractivity contribution in [3.8, 4) is 5.75 Å². The lowest BCUT2D eigenvalue weighted by molar-refractivity contribution is 0.133. The largest absolute Gasteiger partial charge is 0.494 e. The number of rotatable bonds is 3. The molecule has 3 nitrogen and oxygen atoms in total. The maximum absolute atomic E-state index is 13.1. The van der Waals surface area contributed by atoms with Gasteiger partial charge < -0.3 is 9.94 Å². The number of methoxy groups -OCH3 is 1. The van der Waals surface area contributed by atoms with E-state index in [4.69, 9.17) is 9.94 Å². The van der Waals surface area contributed by atoms with Crippen LogP contribution >= 0.6 is 0 Å². The Bertz CT molecular complexity index is 291. The summed E-state index contributed by atoms with van der Waals surface area (Å²) in [7, 11) is 1.41. The molecule has 0 heterocycles. The van der Waals surface area contributed by atoms with E-state index >= 15 is 0 Å². The fraction of sp³-hybridized carbons (Fsp3) is 0.333. The lowest BCUT2D eigenvalue weighted by Crippen LogP contribution is -2.13. The summed E-state index contributed by atoms with van der Waals surface area (Å²) in [6.07, 6.45) is 0. The van der Waals surface area contributed by atoms with Gasteiger partial charge in [0.2, 0.25) is 0 Å². The zero-order valence-electron chi connectivity index (χ0n) is 7.54. The second-order valence-electron chi connectivity index (χ2n) is 2.74. The fourth-order valence-corrected chi connectivity index (χ4v) is 1.03. The maximum Gasteiger partial charge on any atom is 0.165 e. The summed E-state index contributed by atoms with van der Waals surface area (Å²) in [4.78, 5) is 0. The van der Waals surface area contributed by atoms with Crippen molar-refractivity contribution in [2.24, 2.45) is 0 Å². The van der Waals surface area contributed by atoms with Crippen LogP contribution in [-0.2, 0) is 0 Å². The number of halogens is 1. The Morgan fingerprint density at radius 2 is 2.23 bits per heavy atom. The predicted molar refractivity (Wildman–Crippen MR) is 46.3 cm³/mol. The summed E-state index contributed by atoms with van der Waals surface area (Å²) in [6.45, 7) is 1.72. The molecule has 13 heavy (non-hydrogen) atoms. The summed E-state index contributed by atoms with van der Waals surface area (Å²) in [5.74, 6) is -0.226. The number of hydrogen-bond donors (Lipinski definition) is 2. The van der Waals surface area contributed by atoms with Gasteiger partial charge in [0.15, 0.2) is 11.6 Å². The third-order valence-electron chi connectivity index (χ3n) is 1.87. The lowest BCUT2D eigenvalue weighted by Gasteiger charge is -2.10. The first-order valence-electron chi connectivity index (χ1n) is 3.92. The second-order valence-corrected chi connectivity index (χ2v) is 2.74. The SMILES string of the molecule is COc1ccc(C(C)NO)cc1F. The number of nitrogens with one attached hydrogen (secondary N) is 1. The van der Waals surface area contributed by atoms with Gasteiger partial charge in [0.05, 0.1) is 13.2 Å². The van der Waals surface area contributed by atoms with E-state index in [1.165, 1.54) is 19.2 Å². The van der Waals surface area contributed by atoms with Gasteiger partial charge in [-0.2, -0.15) is 5.48 Å². The van der Waals surface area contributed by atoms with E-state index in [0.717, 1.165) is 0 Å². The van der Waals surface area contributed by atoms with Crippen molar-refractivity contribution in [1.29, 1.82) is 0 Å². The molecule has 1 rings (SSSR count). The zero-order valence-corrected chi connectivity index (χ0v) is 7.54. The summed E-state index contributed by atoms with van der Waals surface area (Å²) in [5, 5.41) is 8.60. The van der Waals surface area contributed by atoms with E-state index in [1.54, 1.807) is 13.0 Å². The third kappa shape index (κ3) is 2.17. The summed E-state index contributed by atoms with van der Waals surface area (Å²) >= 11 is 0. The number of ether oxygens (including phenoxy) is 1. The lowest BCUT2D eigenvalue weighted by atomic mass is 10.1. The van der Waals surface area contributed by atoms with Gasteiger partial charge in [-0.1, -0.05) is 6.07 Å². The van der Waals surface area contributed by atoms with Crippen LogP contribution in [0.1, 0.15) is 18.5 Å². The molecule has 0 aliphatic rings. The van der Waals surface area contributed by atoms with Gasteiger partial charge in [0.25, 0.3) is 0 Å². The van der Waals surface area contributed by atoms with Gasteiger partial charge in [0.1, 0.15) is 0 Å². The van der Waals surface area contributed by atoms with Crippen molar-refractivity contribution >= 4 is 0 Å². The van der Waals surface area contributed by atoms with Crippen molar-refractivity contribution in [3.63, 3.8) is 0 Å². The molecule has 0 radical (unpaired) electrons. The fourth-order valence-electron chi connectivity index (χ4n) is 1.03. The highest BCUT2D eigenvalue weighted by atomic mass is 19.1. The zero-order chi connectivity index (χ0) is 9.84. The molecule has 0 saturated heterocycles. The average Bonchev–Trinajstić information content (AvgIpc) is 2.16. The average molecular weight is 185 g/mol. The molecule has 72 valence electrons. The van der Waals surface area contributed by atoms with E-state index < -0.39 is 5.82 Å². The molecule has 0 spiro atoms. The molecular formula is C9H12FNO2. The van der Waals surface area contributed by atoms with Gasteiger partial charge in [0, 0.05) is 0 Å². The van der Waals surface area contributed by atoms with Gasteiger partial charge in [-0.15, -0.1) is 0 Å². The van der Waals surface area contributed by atoms with E-state index in [2.05, 4.69) is 0 Å². The second kappa shape index (κ2) is 4.20. The predicted octanol–water partition coefficient (Wildman–Crippen LogP) is 1.87. The van der Waals surface area contributed by atoms with Crippen LogP contribution in [0, 0.1) is 5.82 Å². The maximum atomic E-state index is 13.1. The highest BCUT2D eigenvalue weighted by Crippen LogP contribution is 2.21. The molecular weight excluding hydrogens is 173 g/mol. The van der Waals surface area contributed by atoms with E-state index in [0.29, 0.717) is 5.56 Å². The summed E-state index contributed by atoms with van der Waals surface area (Å²) in [5.41, 5.74) is 2.71. The molecule has 4 heteroatoms. The summed E-state index contributed by atoms with van der Waals surface area (Å²) < 4.78 is 17.9. The van der Waals surface area contributed by atoms with Crippen LogP contribution in [-0.4, -0.2) is 12.3 Å². The first-order chi connectivity index (χ1) is 6.19. The highest BCUT2D eigenvalue weighted by molar-refractivity contribution is 5.30. The first-order valence-corrected chi connectivity index (χ1v) is 3.92. The molecule has 2 N–H and O–H groups in total. The van der Waals surface area contributed by atoms with Crippen LogP contribution in [0.5, 0.6) is 5.75 Å². The number of benzene rings is 1. The molecule has 0 aromatic heterocycles. The molecule has 0 amide bonds. The Hall–Kier alpha value is -1.13. The Balaban J connectivity index is 2.95. The van der Waals surface area contributed by atoms with Gasteiger partial charge in [-0.05, 0) is 24.6 Å².